The van der Waals surface area contributed by atoms with Gasteiger partial charge in [0.1, 0.15) is 5.75 Å². The minimum Gasteiger partial charge on any atom is -0.496 e. The average Bonchev–Trinajstić information content (AvgIpc) is 2.01. The van der Waals surface area contributed by atoms with Crippen LogP contribution in [0.15, 0.2) is 16.6 Å². The Morgan fingerprint density at radius 3 is 2.62 bits per heavy atom. The lowest BCUT2D eigenvalue weighted by Crippen LogP contribution is -2.07. The Kier molecular flexibility index (Phi) is 3.59. The highest BCUT2D eigenvalue weighted by molar-refractivity contribution is 9.10. The number of ether oxygens (including phenoxy) is 1. The molecule has 0 aromatic heterocycles. The van der Waals surface area contributed by atoms with Gasteiger partial charge in [-0.25, -0.2) is 0 Å². The molecule has 1 rings (SSSR count). The summed E-state index contributed by atoms with van der Waals surface area (Å²) in [5.41, 5.74) is 6.72. The summed E-state index contributed by atoms with van der Waals surface area (Å²) in [6.45, 7) is 1.90. The van der Waals surface area contributed by atoms with Gasteiger partial charge >= 0.3 is 0 Å². The second-order valence-electron chi connectivity index (χ2n) is 2.79. The Balaban J connectivity index is 3.30. The minimum absolute atomic E-state index is 0.0819. The van der Waals surface area contributed by atoms with Crippen molar-refractivity contribution in [2.45, 2.75) is 13.0 Å². The highest BCUT2D eigenvalue weighted by Crippen LogP contribution is 2.34. The van der Waals surface area contributed by atoms with Crippen LogP contribution in [0.5, 0.6) is 5.75 Å². The molecule has 0 heterocycles. The molecule has 0 fully saturated rings. The maximum Gasteiger partial charge on any atom is 0.126 e. The zero-order valence-electron chi connectivity index (χ0n) is 7.47. The molecule has 1 unspecified atom stereocenters. The number of methoxy groups -OCH3 is 1. The molecule has 0 radical (unpaired) electrons. The van der Waals surface area contributed by atoms with E-state index in [-0.39, 0.29) is 6.04 Å². The molecule has 2 nitrogen and oxygen atoms in total. The fraction of sp³-hybridized carbons (Fsp3) is 0.333. The van der Waals surface area contributed by atoms with Crippen LogP contribution < -0.4 is 10.5 Å². The molecule has 72 valence electrons. The highest BCUT2D eigenvalue weighted by Gasteiger charge is 2.12. The van der Waals surface area contributed by atoms with Gasteiger partial charge in [-0.3, -0.25) is 0 Å². The molecule has 0 aliphatic rings. The molecular weight excluding hydrogens is 253 g/mol. The normalized spacial score (nSPS) is 12.7. The SMILES string of the molecule is COc1cc(Cl)cc(Br)c1C(C)N. The van der Waals surface area contributed by atoms with E-state index in [0.717, 1.165) is 15.8 Å². The number of hydrogen-bond donors (Lipinski definition) is 1. The van der Waals surface area contributed by atoms with Crippen molar-refractivity contribution in [3.8, 4) is 5.75 Å². The topological polar surface area (TPSA) is 35.2 Å². The predicted molar refractivity (Wildman–Crippen MR) is 58.3 cm³/mol. The molecule has 0 saturated carbocycles. The van der Waals surface area contributed by atoms with Gasteiger partial charge in [0.05, 0.1) is 7.11 Å². The van der Waals surface area contributed by atoms with E-state index in [9.17, 15) is 0 Å². The quantitative estimate of drug-likeness (QED) is 0.891. The fourth-order valence-corrected chi connectivity index (χ4v) is 2.32. The lowest BCUT2D eigenvalue weighted by Gasteiger charge is -2.13. The smallest absolute Gasteiger partial charge is 0.126 e. The van der Waals surface area contributed by atoms with E-state index in [1.165, 1.54) is 0 Å². The summed E-state index contributed by atoms with van der Waals surface area (Å²) in [6.07, 6.45) is 0. The number of halogens is 2. The van der Waals surface area contributed by atoms with E-state index in [4.69, 9.17) is 22.1 Å². The van der Waals surface area contributed by atoms with Gasteiger partial charge in [-0.05, 0) is 19.1 Å². The van der Waals surface area contributed by atoms with Gasteiger partial charge in [-0.15, -0.1) is 0 Å². The van der Waals surface area contributed by atoms with Crippen LogP contribution in [0.4, 0.5) is 0 Å². The summed E-state index contributed by atoms with van der Waals surface area (Å²) < 4.78 is 6.06. The molecule has 0 spiro atoms. The van der Waals surface area contributed by atoms with Gasteiger partial charge in [0, 0.05) is 21.1 Å². The van der Waals surface area contributed by atoms with Crippen LogP contribution in [-0.2, 0) is 0 Å². The third-order valence-electron chi connectivity index (χ3n) is 1.73. The predicted octanol–water partition coefficient (Wildman–Crippen LogP) is 3.13. The Morgan fingerprint density at radius 2 is 2.15 bits per heavy atom. The van der Waals surface area contributed by atoms with Crippen LogP contribution in [0.1, 0.15) is 18.5 Å². The number of rotatable bonds is 2. The molecule has 0 amide bonds. The summed E-state index contributed by atoms with van der Waals surface area (Å²) in [4.78, 5) is 0. The standard InChI is InChI=1S/C9H11BrClNO/c1-5(12)9-7(10)3-6(11)4-8(9)13-2/h3-5H,12H2,1-2H3. The lowest BCUT2D eigenvalue weighted by atomic mass is 10.1. The highest BCUT2D eigenvalue weighted by atomic mass is 79.9. The Bertz CT molecular complexity index is 315. The molecule has 1 atom stereocenters. The first kappa shape index (κ1) is 10.8. The van der Waals surface area contributed by atoms with Gasteiger partial charge < -0.3 is 10.5 Å². The van der Waals surface area contributed by atoms with Crippen LogP contribution in [-0.4, -0.2) is 7.11 Å². The molecule has 0 aliphatic heterocycles. The van der Waals surface area contributed by atoms with Gasteiger partial charge in [-0.1, -0.05) is 27.5 Å². The Labute approximate surface area is 91.2 Å². The van der Waals surface area contributed by atoms with Crippen molar-refractivity contribution in [1.82, 2.24) is 0 Å². The van der Waals surface area contributed by atoms with E-state index in [2.05, 4.69) is 15.9 Å². The molecule has 1 aromatic carbocycles. The molecule has 1 aromatic rings. The van der Waals surface area contributed by atoms with Crippen LogP contribution in [0, 0.1) is 0 Å². The van der Waals surface area contributed by atoms with Crippen molar-refractivity contribution in [1.29, 1.82) is 0 Å². The monoisotopic (exact) mass is 263 g/mol. The largest absolute Gasteiger partial charge is 0.496 e. The fourth-order valence-electron chi connectivity index (χ4n) is 1.17. The van der Waals surface area contributed by atoms with E-state index in [1.54, 1.807) is 13.2 Å². The lowest BCUT2D eigenvalue weighted by molar-refractivity contribution is 0.406. The molecule has 0 saturated heterocycles. The zero-order valence-corrected chi connectivity index (χ0v) is 9.82. The first-order valence-corrected chi connectivity index (χ1v) is 5.02. The number of nitrogens with two attached hydrogens (primary N) is 1. The number of benzene rings is 1. The first-order chi connectivity index (χ1) is 6.06. The van der Waals surface area contributed by atoms with Crippen molar-refractivity contribution in [2.24, 2.45) is 5.73 Å². The molecule has 4 heteroatoms. The second kappa shape index (κ2) is 4.31. The maximum atomic E-state index is 5.85. The summed E-state index contributed by atoms with van der Waals surface area (Å²) in [6, 6.07) is 3.48. The van der Waals surface area contributed by atoms with Crippen molar-refractivity contribution < 1.29 is 4.74 Å². The minimum atomic E-state index is -0.0819. The Morgan fingerprint density at radius 1 is 1.54 bits per heavy atom. The van der Waals surface area contributed by atoms with Crippen molar-refractivity contribution in [3.05, 3.63) is 27.2 Å². The van der Waals surface area contributed by atoms with Crippen LogP contribution in [0.25, 0.3) is 0 Å². The summed E-state index contributed by atoms with van der Waals surface area (Å²) >= 11 is 9.25. The zero-order chi connectivity index (χ0) is 10.0. The van der Waals surface area contributed by atoms with Gasteiger partial charge in [0.2, 0.25) is 0 Å². The maximum absolute atomic E-state index is 5.85. The van der Waals surface area contributed by atoms with Crippen molar-refractivity contribution in [2.75, 3.05) is 7.11 Å². The molecule has 0 aliphatic carbocycles. The average molecular weight is 265 g/mol. The van der Waals surface area contributed by atoms with Gasteiger partial charge in [-0.2, -0.15) is 0 Å². The van der Waals surface area contributed by atoms with Crippen LogP contribution >= 0.6 is 27.5 Å². The van der Waals surface area contributed by atoms with E-state index in [0.29, 0.717) is 5.02 Å². The van der Waals surface area contributed by atoms with Crippen molar-refractivity contribution in [3.63, 3.8) is 0 Å². The van der Waals surface area contributed by atoms with Crippen molar-refractivity contribution >= 4 is 27.5 Å². The van der Waals surface area contributed by atoms with E-state index >= 15 is 0 Å². The number of hydrogen-bond acceptors (Lipinski definition) is 2. The first-order valence-electron chi connectivity index (χ1n) is 3.84. The molecule has 0 bridgehead atoms. The molecule has 2 N–H and O–H groups in total. The van der Waals surface area contributed by atoms with Crippen LogP contribution in [0.3, 0.4) is 0 Å². The third kappa shape index (κ3) is 2.36. The van der Waals surface area contributed by atoms with E-state index < -0.39 is 0 Å². The molecular formula is C9H11BrClNO. The summed E-state index contributed by atoms with van der Waals surface area (Å²) in [5, 5.41) is 0.633. The Hall–Kier alpha value is -0.250. The summed E-state index contributed by atoms with van der Waals surface area (Å²) in [5.74, 6) is 0.717. The second-order valence-corrected chi connectivity index (χ2v) is 4.08. The van der Waals surface area contributed by atoms with E-state index in [1.807, 2.05) is 13.0 Å². The van der Waals surface area contributed by atoms with Crippen LogP contribution in [0.2, 0.25) is 5.02 Å². The molecule has 13 heavy (non-hydrogen) atoms. The van der Waals surface area contributed by atoms with Gasteiger partial charge in [0.25, 0.3) is 0 Å². The third-order valence-corrected chi connectivity index (χ3v) is 2.61. The van der Waals surface area contributed by atoms with Gasteiger partial charge in [0.15, 0.2) is 0 Å². The summed E-state index contributed by atoms with van der Waals surface area (Å²) in [7, 11) is 1.60.